The lowest BCUT2D eigenvalue weighted by Gasteiger charge is -2.23. The van der Waals surface area contributed by atoms with Crippen LogP contribution in [-0.4, -0.2) is 46.0 Å². The second-order valence-electron chi connectivity index (χ2n) is 5.87. The SMILES string of the molecule is O=S(=O)(NCCCOC1CCNCC1)C1CCCCC1. The average molecular weight is 304 g/mol. The molecule has 20 heavy (non-hydrogen) atoms. The molecule has 2 aliphatic rings. The van der Waals surface area contributed by atoms with Crippen LogP contribution in [0.2, 0.25) is 0 Å². The van der Waals surface area contributed by atoms with E-state index in [0.29, 0.717) is 19.3 Å². The van der Waals surface area contributed by atoms with Gasteiger partial charge in [0.25, 0.3) is 0 Å². The Morgan fingerprint density at radius 2 is 1.75 bits per heavy atom. The van der Waals surface area contributed by atoms with Crippen LogP contribution in [-0.2, 0) is 14.8 Å². The Morgan fingerprint density at radius 3 is 2.45 bits per heavy atom. The Hall–Kier alpha value is -0.170. The van der Waals surface area contributed by atoms with Crippen molar-refractivity contribution in [3.8, 4) is 0 Å². The molecule has 1 aliphatic carbocycles. The van der Waals surface area contributed by atoms with Crippen molar-refractivity contribution in [1.82, 2.24) is 10.0 Å². The van der Waals surface area contributed by atoms with Crippen molar-refractivity contribution in [1.29, 1.82) is 0 Å². The van der Waals surface area contributed by atoms with Gasteiger partial charge in [0.1, 0.15) is 0 Å². The van der Waals surface area contributed by atoms with E-state index in [0.717, 1.165) is 58.0 Å². The maximum absolute atomic E-state index is 12.1. The minimum Gasteiger partial charge on any atom is -0.378 e. The molecule has 0 aromatic heterocycles. The molecule has 2 fully saturated rings. The molecule has 0 amide bonds. The van der Waals surface area contributed by atoms with E-state index in [2.05, 4.69) is 10.0 Å². The zero-order valence-corrected chi connectivity index (χ0v) is 13.1. The highest BCUT2D eigenvalue weighted by Crippen LogP contribution is 2.22. The fraction of sp³-hybridized carbons (Fsp3) is 1.00. The van der Waals surface area contributed by atoms with Crippen molar-refractivity contribution >= 4 is 10.0 Å². The topological polar surface area (TPSA) is 67.4 Å². The Bertz CT molecular complexity index is 361. The van der Waals surface area contributed by atoms with Crippen LogP contribution in [0.4, 0.5) is 0 Å². The molecule has 1 aliphatic heterocycles. The third-order valence-electron chi connectivity index (χ3n) is 4.26. The minimum atomic E-state index is -3.10. The van der Waals surface area contributed by atoms with Crippen LogP contribution < -0.4 is 10.0 Å². The summed E-state index contributed by atoms with van der Waals surface area (Å²) in [6, 6.07) is 0. The van der Waals surface area contributed by atoms with Gasteiger partial charge in [0.05, 0.1) is 11.4 Å². The van der Waals surface area contributed by atoms with E-state index in [1.807, 2.05) is 0 Å². The van der Waals surface area contributed by atoms with E-state index in [9.17, 15) is 8.42 Å². The van der Waals surface area contributed by atoms with Crippen LogP contribution in [0.15, 0.2) is 0 Å². The Balaban J connectivity index is 1.57. The first-order valence-electron chi connectivity index (χ1n) is 7.99. The smallest absolute Gasteiger partial charge is 0.214 e. The number of nitrogens with one attached hydrogen (secondary N) is 2. The maximum atomic E-state index is 12.1. The molecule has 2 rings (SSSR count). The van der Waals surface area contributed by atoms with Gasteiger partial charge < -0.3 is 10.1 Å². The van der Waals surface area contributed by atoms with E-state index < -0.39 is 10.0 Å². The zero-order valence-electron chi connectivity index (χ0n) is 12.3. The van der Waals surface area contributed by atoms with Crippen LogP contribution in [0, 0.1) is 0 Å². The summed E-state index contributed by atoms with van der Waals surface area (Å²) in [5.41, 5.74) is 0. The molecule has 118 valence electrons. The largest absolute Gasteiger partial charge is 0.378 e. The highest BCUT2D eigenvalue weighted by molar-refractivity contribution is 7.90. The number of ether oxygens (including phenoxy) is 1. The summed E-state index contributed by atoms with van der Waals surface area (Å²) in [4.78, 5) is 0. The molecule has 1 saturated heterocycles. The van der Waals surface area contributed by atoms with Crippen molar-refractivity contribution in [2.24, 2.45) is 0 Å². The first-order chi connectivity index (χ1) is 9.68. The van der Waals surface area contributed by atoms with Gasteiger partial charge in [-0.25, -0.2) is 13.1 Å². The summed E-state index contributed by atoms with van der Waals surface area (Å²) in [5.74, 6) is 0. The molecule has 2 N–H and O–H groups in total. The van der Waals surface area contributed by atoms with Gasteiger partial charge in [-0.1, -0.05) is 19.3 Å². The number of hydrogen-bond acceptors (Lipinski definition) is 4. The van der Waals surface area contributed by atoms with E-state index in [-0.39, 0.29) is 5.25 Å². The van der Waals surface area contributed by atoms with Crippen molar-refractivity contribution in [2.75, 3.05) is 26.2 Å². The van der Waals surface area contributed by atoms with Gasteiger partial charge in [0.2, 0.25) is 10.0 Å². The van der Waals surface area contributed by atoms with E-state index in [1.165, 1.54) is 6.42 Å². The first kappa shape index (κ1) is 16.2. The monoisotopic (exact) mass is 304 g/mol. The van der Waals surface area contributed by atoms with Crippen molar-refractivity contribution < 1.29 is 13.2 Å². The molecular weight excluding hydrogens is 276 g/mol. The van der Waals surface area contributed by atoms with Gasteiger partial charge in [-0.05, 0) is 45.2 Å². The number of rotatable bonds is 7. The second-order valence-corrected chi connectivity index (χ2v) is 7.92. The average Bonchev–Trinajstić information content (AvgIpc) is 2.49. The highest BCUT2D eigenvalue weighted by Gasteiger charge is 2.26. The van der Waals surface area contributed by atoms with Crippen LogP contribution in [0.1, 0.15) is 51.4 Å². The summed E-state index contributed by atoms with van der Waals surface area (Å²) in [7, 11) is -3.10. The summed E-state index contributed by atoms with van der Waals surface area (Å²) in [6.07, 6.45) is 8.15. The van der Waals surface area contributed by atoms with E-state index >= 15 is 0 Å². The zero-order chi connectivity index (χ0) is 14.3. The van der Waals surface area contributed by atoms with E-state index in [1.54, 1.807) is 0 Å². The van der Waals surface area contributed by atoms with Gasteiger partial charge in [0.15, 0.2) is 0 Å². The molecule has 5 nitrogen and oxygen atoms in total. The quantitative estimate of drug-likeness (QED) is 0.698. The van der Waals surface area contributed by atoms with Crippen LogP contribution in [0.5, 0.6) is 0 Å². The number of sulfonamides is 1. The fourth-order valence-electron chi connectivity index (χ4n) is 2.99. The molecule has 0 unspecified atom stereocenters. The van der Waals surface area contributed by atoms with Gasteiger partial charge in [-0.3, -0.25) is 0 Å². The van der Waals surface area contributed by atoms with Crippen LogP contribution in [0.25, 0.3) is 0 Å². The lowest BCUT2D eigenvalue weighted by molar-refractivity contribution is 0.0322. The molecule has 6 heteroatoms. The summed E-state index contributed by atoms with van der Waals surface area (Å²) in [6.45, 7) is 3.21. The lowest BCUT2D eigenvalue weighted by Crippen LogP contribution is -2.37. The van der Waals surface area contributed by atoms with Gasteiger partial charge in [0, 0.05) is 13.2 Å². The summed E-state index contributed by atoms with van der Waals surface area (Å²) >= 11 is 0. The third-order valence-corrected chi connectivity index (χ3v) is 6.21. The Kier molecular flexibility index (Phi) is 6.74. The molecule has 1 saturated carbocycles. The molecule has 0 aromatic rings. The minimum absolute atomic E-state index is 0.165. The molecule has 0 bridgehead atoms. The molecule has 0 radical (unpaired) electrons. The van der Waals surface area contributed by atoms with Crippen molar-refractivity contribution in [3.05, 3.63) is 0 Å². The Labute approximate surface area is 122 Å². The predicted octanol–water partition coefficient (Wildman–Crippen LogP) is 1.40. The van der Waals surface area contributed by atoms with Crippen molar-refractivity contribution in [2.45, 2.75) is 62.7 Å². The standard InChI is InChI=1S/C14H28N2O3S/c17-20(18,14-5-2-1-3-6-14)16-9-4-12-19-13-7-10-15-11-8-13/h13-16H,1-12H2. The van der Waals surface area contributed by atoms with Crippen molar-refractivity contribution in [3.63, 3.8) is 0 Å². The second kappa shape index (κ2) is 8.32. The summed E-state index contributed by atoms with van der Waals surface area (Å²) in [5, 5.41) is 3.14. The van der Waals surface area contributed by atoms with Gasteiger partial charge in [-0.2, -0.15) is 0 Å². The van der Waals surface area contributed by atoms with Crippen LogP contribution in [0.3, 0.4) is 0 Å². The molecule has 0 atom stereocenters. The molecule has 0 aromatic carbocycles. The normalized spacial score (nSPS) is 23.0. The van der Waals surface area contributed by atoms with E-state index in [4.69, 9.17) is 4.74 Å². The molecule has 0 spiro atoms. The lowest BCUT2D eigenvalue weighted by atomic mass is 10.0. The van der Waals surface area contributed by atoms with Gasteiger partial charge >= 0.3 is 0 Å². The number of piperidine rings is 1. The molecule has 1 heterocycles. The first-order valence-corrected chi connectivity index (χ1v) is 9.54. The number of hydrogen-bond donors (Lipinski definition) is 2. The van der Waals surface area contributed by atoms with Crippen LogP contribution >= 0.6 is 0 Å². The Morgan fingerprint density at radius 1 is 1.05 bits per heavy atom. The highest BCUT2D eigenvalue weighted by atomic mass is 32.2. The third kappa shape index (κ3) is 5.31. The maximum Gasteiger partial charge on any atom is 0.214 e. The summed E-state index contributed by atoms with van der Waals surface area (Å²) < 4.78 is 32.7. The molecular formula is C14H28N2O3S. The fourth-order valence-corrected chi connectivity index (χ4v) is 4.61. The predicted molar refractivity (Wildman–Crippen MR) is 80.3 cm³/mol. The van der Waals surface area contributed by atoms with Gasteiger partial charge in [-0.15, -0.1) is 0 Å².